The first kappa shape index (κ1) is 14.5. The van der Waals surface area contributed by atoms with E-state index in [9.17, 15) is 0 Å². The number of likely N-dealkylation sites (tertiary alicyclic amines) is 1. The highest BCUT2D eigenvalue weighted by Gasteiger charge is 2.20. The Labute approximate surface area is 112 Å². The molecule has 1 aromatic carbocycles. The van der Waals surface area contributed by atoms with Crippen molar-refractivity contribution in [3.63, 3.8) is 0 Å². The summed E-state index contributed by atoms with van der Waals surface area (Å²) in [5, 5.41) is 0. The lowest BCUT2D eigenvalue weighted by molar-refractivity contribution is 0.155. The fraction of sp³-hybridized carbons (Fsp3) is 0.600. The summed E-state index contributed by atoms with van der Waals surface area (Å²) < 4.78 is 0. The van der Waals surface area contributed by atoms with Crippen LogP contribution in [0.1, 0.15) is 50.6 Å². The van der Waals surface area contributed by atoms with Crippen LogP contribution < -0.4 is 0 Å². The van der Waals surface area contributed by atoms with Crippen LogP contribution in [0.5, 0.6) is 0 Å². The van der Waals surface area contributed by atoms with E-state index < -0.39 is 0 Å². The van der Waals surface area contributed by atoms with Crippen LogP contribution in [0, 0.1) is 0 Å². The summed E-state index contributed by atoms with van der Waals surface area (Å²) in [5.41, 5.74) is 1.51. The van der Waals surface area contributed by atoms with E-state index in [0.29, 0.717) is 6.04 Å². The second-order valence-corrected chi connectivity index (χ2v) is 4.81. The van der Waals surface area contributed by atoms with Crippen LogP contribution in [0.4, 0.5) is 0 Å². The Morgan fingerprint density at radius 2 is 1.71 bits per heavy atom. The fourth-order valence-corrected chi connectivity index (χ4v) is 2.74. The first-order valence-corrected chi connectivity index (χ1v) is 6.71. The van der Waals surface area contributed by atoms with Crippen molar-refractivity contribution in [2.45, 2.75) is 45.1 Å². The average Bonchev–Trinajstić information content (AvgIpc) is 2.38. The maximum absolute atomic E-state index is 2.68. The molecule has 2 heteroatoms. The summed E-state index contributed by atoms with van der Waals surface area (Å²) in [5.74, 6) is 0. The highest BCUT2D eigenvalue weighted by molar-refractivity contribution is 5.85. The Balaban J connectivity index is 0.00000144. The van der Waals surface area contributed by atoms with Gasteiger partial charge in [-0.1, -0.05) is 50.1 Å². The fourth-order valence-electron chi connectivity index (χ4n) is 2.74. The van der Waals surface area contributed by atoms with E-state index in [0.717, 1.165) is 0 Å². The van der Waals surface area contributed by atoms with E-state index in [4.69, 9.17) is 0 Å². The lowest BCUT2D eigenvalue weighted by atomic mass is 9.98. The third kappa shape index (κ3) is 4.01. The van der Waals surface area contributed by atoms with E-state index in [-0.39, 0.29) is 12.4 Å². The van der Waals surface area contributed by atoms with Gasteiger partial charge < -0.3 is 0 Å². The Morgan fingerprint density at radius 1 is 1.06 bits per heavy atom. The van der Waals surface area contributed by atoms with Crippen molar-refractivity contribution in [1.29, 1.82) is 0 Å². The third-order valence-electron chi connectivity index (χ3n) is 3.58. The topological polar surface area (TPSA) is 3.24 Å². The van der Waals surface area contributed by atoms with E-state index >= 15 is 0 Å². The Morgan fingerprint density at radius 3 is 2.29 bits per heavy atom. The van der Waals surface area contributed by atoms with Gasteiger partial charge in [0.15, 0.2) is 0 Å². The van der Waals surface area contributed by atoms with Gasteiger partial charge in [0.25, 0.3) is 0 Å². The van der Waals surface area contributed by atoms with E-state index in [2.05, 4.69) is 42.2 Å². The molecule has 0 aromatic heterocycles. The van der Waals surface area contributed by atoms with Gasteiger partial charge in [-0.2, -0.15) is 0 Å². The van der Waals surface area contributed by atoms with E-state index in [1.165, 1.54) is 50.8 Å². The van der Waals surface area contributed by atoms with Gasteiger partial charge in [-0.25, -0.2) is 0 Å². The maximum Gasteiger partial charge on any atom is 0.0348 e. The molecular formula is C15H24ClN. The highest BCUT2D eigenvalue weighted by atomic mass is 35.5. The summed E-state index contributed by atoms with van der Waals surface area (Å²) in [4.78, 5) is 2.68. The zero-order valence-electron chi connectivity index (χ0n) is 10.8. The SMILES string of the molecule is CCCC(c1ccccc1)N1CCCCC1.Cl. The largest absolute Gasteiger partial charge is 0.296 e. The molecule has 1 nitrogen and oxygen atoms in total. The Kier molecular flexibility index (Phi) is 6.61. The molecule has 1 atom stereocenters. The number of benzene rings is 1. The van der Waals surface area contributed by atoms with Crippen molar-refractivity contribution in [1.82, 2.24) is 4.90 Å². The molecule has 0 bridgehead atoms. The number of halogens is 1. The maximum atomic E-state index is 2.68. The minimum Gasteiger partial charge on any atom is -0.296 e. The molecule has 1 unspecified atom stereocenters. The molecule has 0 amide bonds. The molecular weight excluding hydrogens is 230 g/mol. The smallest absolute Gasteiger partial charge is 0.0348 e. The van der Waals surface area contributed by atoms with Gasteiger partial charge >= 0.3 is 0 Å². The lowest BCUT2D eigenvalue weighted by Crippen LogP contribution is -2.33. The molecule has 0 saturated carbocycles. The molecule has 0 aliphatic carbocycles. The quantitative estimate of drug-likeness (QED) is 0.767. The summed E-state index contributed by atoms with van der Waals surface area (Å²) in [6.07, 6.45) is 6.75. The molecule has 0 N–H and O–H groups in total. The Bertz CT molecular complexity index is 293. The van der Waals surface area contributed by atoms with Gasteiger partial charge in [0.1, 0.15) is 0 Å². The van der Waals surface area contributed by atoms with Gasteiger partial charge in [0.2, 0.25) is 0 Å². The van der Waals surface area contributed by atoms with Crippen LogP contribution in [0.25, 0.3) is 0 Å². The molecule has 1 aliphatic rings. The first-order chi connectivity index (χ1) is 7.92. The Hall–Kier alpha value is -0.530. The molecule has 1 fully saturated rings. The van der Waals surface area contributed by atoms with Crippen LogP contribution in [0.3, 0.4) is 0 Å². The van der Waals surface area contributed by atoms with Gasteiger partial charge in [-0.05, 0) is 37.9 Å². The van der Waals surface area contributed by atoms with Gasteiger partial charge in [0.05, 0.1) is 0 Å². The standard InChI is InChI=1S/C15H23N.ClH/c1-2-9-15(14-10-5-3-6-11-14)16-12-7-4-8-13-16;/h3,5-6,10-11,15H,2,4,7-9,12-13H2,1H3;1H. The number of piperidine rings is 1. The molecule has 96 valence electrons. The third-order valence-corrected chi connectivity index (χ3v) is 3.58. The highest BCUT2D eigenvalue weighted by Crippen LogP contribution is 2.28. The second kappa shape index (κ2) is 7.73. The number of nitrogens with zero attached hydrogens (tertiary/aromatic N) is 1. The first-order valence-electron chi connectivity index (χ1n) is 6.71. The van der Waals surface area contributed by atoms with Gasteiger partial charge in [0, 0.05) is 6.04 Å². The minimum atomic E-state index is 0. The van der Waals surface area contributed by atoms with Crippen LogP contribution >= 0.6 is 12.4 Å². The van der Waals surface area contributed by atoms with Gasteiger partial charge in [-0.3, -0.25) is 4.90 Å². The molecule has 0 spiro atoms. The second-order valence-electron chi connectivity index (χ2n) is 4.81. The van der Waals surface area contributed by atoms with Crippen molar-refractivity contribution in [2.75, 3.05) is 13.1 Å². The van der Waals surface area contributed by atoms with Crippen LogP contribution in [0.15, 0.2) is 30.3 Å². The zero-order chi connectivity index (χ0) is 11.2. The number of hydrogen-bond donors (Lipinski definition) is 0. The van der Waals surface area contributed by atoms with E-state index in [1.54, 1.807) is 0 Å². The van der Waals surface area contributed by atoms with Crippen molar-refractivity contribution in [3.8, 4) is 0 Å². The average molecular weight is 254 g/mol. The van der Waals surface area contributed by atoms with Crippen molar-refractivity contribution < 1.29 is 0 Å². The van der Waals surface area contributed by atoms with Crippen molar-refractivity contribution >= 4 is 12.4 Å². The van der Waals surface area contributed by atoms with Crippen molar-refractivity contribution in [2.24, 2.45) is 0 Å². The molecule has 1 saturated heterocycles. The van der Waals surface area contributed by atoms with Crippen LogP contribution in [0.2, 0.25) is 0 Å². The predicted octanol–water partition coefficient (Wildman–Crippen LogP) is 4.44. The summed E-state index contributed by atoms with van der Waals surface area (Å²) >= 11 is 0. The van der Waals surface area contributed by atoms with Gasteiger partial charge in [-0.15, -0.1) is 12.4 Å². The molecule has 0 radical (unpaired) electrons. The number of rotatable bonds is 4. The lowest BCUT2D eigenvalue weighted by Gasteiger charge is -2.34. The molecule has 1 aromatic rings. The minimum absolute atomic E-state index is 0. The van der Waals surface area contributed by atoms with E-state index in [1.807, 2.05) is 0 Å². The number of hydrogen-bond acceptors (Lipinski definition) is 1. The monoisotopic (exact) mass is 253 g/mol. The normalized spacial score (nSPS) is 18.4. The predicted molar refractivity (Wildman–Crippen MR) is 76.8 cm³/mol. The molecule has 1 heterocycles. The van der Waals surface area contributed by atoms with Crippen LogP contribution in [-0.4, -0.2) is 18.0 Å². The van der Waals surface area contributed by atoms with Crippen molar-refractivity contribution in [3.05, 3.63) is 35.9 Å². The summed E-state index contributed by atoms with van der Waals surface area (Å²) in [6.45, 7) is 4.87. The zero-order valence-corrected chi connectivity index (χ0v) is 11.6. The molecule has 17 heavy (non-hydrogen) atoms. The summed E-state index contributed by atoms with van der Waals surface area (Å²) in [7, 11) is 0. The summed E-state index contributed by atoms with van der Waals surface area (Å²) in [6, 6.07) is 11.7. The molecule has 2 rings (SSSR count). The van der Waals surface area contributed by atoms with Crippen LogP contribution in [-0.2, 0) is 0 Å². The molecule has 1 aliphatic heterocycles.